The molecule has 0 spiro atoms. The van der Waals surface area contributed by atoms with Crippen LogP contribution in [0, 0.1) is 0 Å². The van der Waals surface area contributed by atoms with Crippen LogP contribution in [-0.2, 0) is 4.74 Å². The summed E-state index contributed by atoms with van der Waals surface area (Å²) >= 11 is 0. The summed E-state index contributed by atoms with van der Waals surface area (Å²) in [6.45, 7) is 4.46. The maximum Gasteiger partial charge on any atom is 0.416 e. The number of carbonyl (C=O) groups is 1. The molecule has 4 aliphatic heterocycles. The molecule has 150 valence electrons. The van der Waals surface area contributed by atoms with E-state index in [4.69, 9.17) is 9.47 Å². The van der Waals surface area contributed by atoms with Gasteiger partial charge in [-0.05, 0) is 31.9 Å². The van der Waals surface area contributed by atoms with Crippen molar-refractivity contribution in [3.63, 3.8) is 0 Å². The highest BCUT2D eigenvalue weighted by Gasteiger charge is 2.48. The van der Waals surface area contributed by atoms with E-state index >= 15 is 0 Å². The second-order valence-corrected chi connectivity index (χ2v) is 8.08. The molecule has 2 atom stereocenters. The number of benzene rings is 1. The Bertz CT molecular complexity index is 826. The molecule has 7 nitrogen and oxygen atoms in total. The molecule has 0 saturated carbocycles. The van der Waals surface area contributed by atoms with Crippen LogP contribution in [0.1, 0.15) is 31.5 Å². The predicted octanol–water partition coefficient (Wildman–Crippen LogP) is 2.56. The predicted molar refractivity (Wildman–Crippen MR) is 102 cm³/mol. The van der Waals surface area contributed by atoms with Gasteiger partial charge in [0, 0.05) is 36.6 Å². The van der Waals surface area contributed by atoms with Crippen LogP contribution < -0.4 is 15.0 Å². The summed E-state index contributed by atoms with van der Waals surface area (Å²) in [4.78, 5) is 18.1. The zero-order valence-corrected chi connectivity index (χ0v) is 16.0. The van der Waals surface area contributed by atoms with Crippen molar-refractivity contribution in [2.75, 3.05) is 44.4 Å². The Hall–Kier alpha value is -2.64. The number of nitrogens with one attached hydrogen (secondary N) is 1. The Labute approximate surface area is 163 Å². The van der Waals surface area contributed by atoms with Gasteiger partial charge in [0.1, 0.15) is 43.2 Å². The molecule has 0 aromatic heterocycles. The fourth-order valence-corrected chi connectivity index (χ4v) is 4.43. The third kappa shape index (κ3) is 2.65. The van der Waals surface area contributed by atoms with E-state index in [1.807, 2.05) is 6.20 Å². The molecule has 1 aromatic rings. The molecular formula is C20H25FN4O3. The minimum atomic E-state index is -0.987. The van der Waals surface area contributed by atoms with Crippen LogP contribution in [0.25, 0.3) is 0 Å². The normalized spacial score (nSPS) is 28.9. The number of rotatable bonds is 3. The number of cyclic esters (lactones) is 1. The standard InChI is InChI=1S/C20H25FN4O3/c1-20(12-21)13-28-19(26)25(20)17-11-24-8-9-27-16-10-14(23-6-2-3-7-23)4-5-15(16)18(24)22-17/h4-5,10-11,18,22H,2-3,6-9,12-13H2,1H3. The van der Waals surface area contributed by atoms with Gasteiger partial charge in [0.05, 0.1) is 6.54 Å². The van der Waals surface area contributed by atoms with Gasteiger partial charge in [-0.25, -0.2) is 9.18 Å². The van der Waals surface area contributed by atoms with Gasteiger partial charge in [0.2, 0.25) is 0 Å². The molecule has 4 heterocycles. The number of carbonyl (C=O) groups excluding carboxylic acids is 1. The monoisotopic (exact) mass is 388 g/mol. The van der Waals surface area contributed by atoms with Crippen LogP contribution in [0.2, 0.25) is 0 Å². The van der Waals surface area contributed by atoms with Gasteiger partial charge in [0.15, 0.2) is 0 Å². The van der Waals surface area contributed by atoms with Crippen molar-refractivity contribution < 1.29 is 18.7 Å². The van der Waals surface area contributed by atoms with Crippen molar-refractivity contribution in [3.05, 3.63) is 35.8 Å². The first kappa shape index (κ1) is 17.5. The molecule has 2 fully saturated rings. The molecule has 0 bridgehead atoms. The van der Waals surface area contributed by atoms with E-state index < -0.39 is 18.3 Å². The third-order valence-corrected chi connectivity index (χ3v) is 6.03. The van der Waals surface area contributed by atoms with E-state index in [-0.39, 0.29) is 12.8 Å². The van der Waals surface area contributed by atoms with E-state index in [0.29, 0.717) is 19.0 Å². The lowest BCUT2D eigenvalue weighted by molar-refractivity contribution is 0.158. The average molecular weight is 388 g/mol. The molecule has 5 rings (SSSR count). The highest BCUT2D eigenvalue weighted by Crippen LogP contribution is 2.39. The van der Waals surface area contributed by atoms with Crippen molar-refractivity contribution in [2.45, 2.75) is 31.5 Å². The quantitative estimate of drug-likeness (QED) is 0.859. The number of hydrogen-bond acceptors (Lipinski definition) is 6. The minimum absolute atomic E-state index is 0.0465. The molecule has 2 saturated heterocycles. The summed E-state index contributed by atoms with van der Waals surface area (Å²) in [5, 5.41) is 3.39. The van der Waals surface area contributed by atoms with Gasteiger partial charge in [-0.3, -0.25) is 4.90 Å². The maximum absolute atomic E-state index is 13.7. The van der Waals surface area contributed by atoms with E-state index in [1.165, 1.54) is 23.4 Å². The summed E-state index contributed by atoms with van der Waals surface area (Å²) < 4.78 is 24.8. The Morgan fingerprint density at radius 2 is 2.07 bits per heavy atom. The molecule has 8 heteroatoms. The van der Waals surface area contributed by atoms with E-state index in [2.05, 4.69) is 33.3 Å². The highest BCUT2D eigenvalue weighted by atomic mass is 19.1. The first-order valence-corrected chi connectivity index (χ1v) is 9.88. The van der Waals surface area contributed by atoms with E-state index in [9.17, 15) is 9.18 Å². The lowest BCUT2D eigenvalue weighted by atomic mass is 10.1. The van der Waals surface area contributed by atoms with Crippen LogP contribution in [0.5, 0.6) is 5.75 Å². The minimum Gasteiger partial charge on any atom is -0.491 e. The maximum atomic E-state index is 13.7. The Morgan fingerprint density at radius 1 is 1.25 bits per heavy atom. The lowest BCUT2D eigenvalue weighted by Crippen LogP contribution is -2.48. The van der Waals surface area contributed by atoms with Crippen molar-refractivity contribution in [1.82, 2.24) is 15.1 Å². The molecule has 4 aliphatic rings. The SMILES string of the molecule is CC1(CF)COC(=O)N1C1=CN2CCOc3cc(N4CCCC4)ccc3C2N1. The van der Waals surface area contributed by atoms with Gasteiger partial charge < -0.3 is 24.6 Å². The second kappa shape index (κ2) is 6.46. The Kier molecular flexibility index (Phi) is 4.03. The third-order valence-electron chi connectivity index (χ3n) is 6.03. The Balaban J connectivity index is 1.43. The fraction of sp³-hybridized carbons (Fsp3) is 0.550. The zero-order valence-electron chi connectivity index (χ0n) is 16.0. The number of nitrogens with zero attached hydrogens (tertiary/aromatic N) is 3. The van der Waals surface area contributed by atoms with Gasteiger partial charge in [-0.1, -0.05) is 0 Å². The lowest BCUT2D eigenvalue weighted by Gasteiger charge is -2.30. The van der Waals surface area contributed by atoms with Crippen molar-refractivity contribution in [2.24, 2.45) is 0 Å². The van der Waals surface area contributed by atoms with Crippen molar-refractivity contribution >= 4 is 11.8 Å². The molecule has 0 aliphatic carbocycles. The van der Waals surface area contributed by atoms with E-state index in [0.717, 1.165) is 24.4 Å². The summed E-state index contributed by atoms with van der Waals surface area (Å²) in [5.74, 6) is 1.43. The molecule has 28 heavy (non-hydrogen) atoms. The smallest absolute Gasteiger partial charge is 0.416 e. The van der Waals surface area contributed by atoms with Crippen LogP contribution in [-0.4, -0.2) is 61.0 Å². The van der Waals surface area contributed by atoms with Crippen LogP contribution in [0.15, 0.2) is 30.2 Å². The Morgan fingerprint density at radius 3 is 2.86 bits per heavy atom. The summed E-state index contributed by atoms with van der Waals surface area (Å²) in [5.41, 5.74) is 1.21. The topological polar surface area (TPSA) is 57.3 Å². The summed E-state index contributed by atoms with van der Waals surface area (Å²) in [7, 11) is 0. The molecule has 1 amide bonds. The zero-order chi connectivity index (χ0) is 19.3. The van der Waals surface area contributed by atoms with Gasteiger partial charge in [-0.15, -0.1) is 0 Å². The fourth-order valence-electron chi connectivity index (χ4n) is 4.43. The number of alkyl halides is 1. The average Bonchev–Trinajstić information content (AvgIpc) is 3.40. The second-order valence-electron chi connectivity index (χ2n) is 8.08. The van der Waals surface area contributed by atoms with Crippen molar-refractivity contribution in [3.8, 4) is 5.75 Å². The van der Waals surface area contributed by atoms with E-state index in [1.54, 1.807) is 6.92 Å². The summed E-state index contributed by atoms with van der Waals surface area (Å²) in [6, 6.07) is 6.33. The van der Waals surface area contributed by atoms with Gasteiger partial charge in [0.25, 0.3) is 0 Å². The molecule has 2 unspecified atom stereocenters. The van der Waals surface area contributed by atoms with Gasteiger partial charge >= 0.3 is 6.09 Å². The van der Waals surface area contributed by atoms with Crippen LogP contribution in [0.3, 0.4) is 0 Å². The number of ether oxygens (including phenoxy) is 2. The number of amides is 1. The first-order valence-electron chi connectivity index (χ1n) is 9.88. The van der Waals surface area contributed by atoms with Crippen molar-refractivity contribution in [1.29, 1.82) is 0 Å². The van der Waals surface area contributed by atoms with Gasteiger partial charge in [-0.2, -0.15) is 0 Å². The summed E-state index contributed by atoms with van der Waals surface area (Å²) in [6.07, 6.45) is 3.65. The first-order chi connectivity index (χ1) is 13.6. The molecule has 1 N–H and O–H groups in total. The molecule has 1 aromatic carbocycles. The highest BCUT2D eigenvalue weighted by molar-refractivity contribution is 5.73. The van der Waals surface area contributed by atoms with Crippen LogP contribution in [0.4, 0.5) is 14.9 Å². The number of fused-ring (bicyclic) bond motifs is 3. The number of halogens is 1. The number of anilines is 1. The largest absolute Gasteiger partial charge is 0.491 e. The van der Waals surface area contributed by atoms with Crippen LogP contribution >= 0.6 is 0 Å². The number of hydrogen-bond donors (Lipinski definition) is 1. The molecular weight excluding hydrogens is 363 g/mol. The molecule has 0 radical (unpaired) electrons.